The summed E-state index contributed by atoms with van der Waals surface area (Å²) >= 11 is 0. The molecular formula is C17H13NO3. The summed E-state index contributed by atoms with van der Waals surface area (Å²) in [4.78, 5) is 25.5. The summed E-state index contributed by atoms with van der Waals surface area (Å²) < 4.78 is 0. The van der Waals surface area contributed by atoms with Gasteiger partial charge < -0.3 is 5.11 Å². The standard InChI is InChI=1S/C17H13NO3/c1-10-6-5-9-14(15(10)17(20)21)18-11(2)12-7-3-4-8-13(12)16(18)19/h3-9H,2H2,1H3,(H,20,21). The van der Waals surface area contributed by atoms with Gasteiger partial charge in [-0.2, -0.15) is 0 Å². The van der Waals surface area contributed by atoms with Crippen LogP contribution in [-0.2, 0) is 0 Å². The van der Waals surface area contributed by atoms with Crippen LogP contribution >= 0.6 is 0 Å². The van der Waals surface area contributed by atoms with Crippen LogP contribution in [0.2, 0.25) is 0 Å². The van der Waals surface area contributed by atoms with Crippen LogP contribution in [0.1, 0.15) is 31.8 Å². The molecule has 0 aliphatic carbocycles. The van der Waals surface area contributed by atoms with Gasteiger partial charge in [0.25, 0.3) is 5.91 Å². The fourth-order valence-corrected chi connectivity index (χ4v) is 2.66. The van der Waals surface area contributed by atoms with Crippen molar-refractivity contribution in [2.75, 3.05) is 4.90 Å². The maximum absolute atomic E-state index is 12.6. The van der Waals surface area contributed by atoms with Crippen LogP contribution in [0.5, 0.6) is 0 Å². The molecule has 1 aliphatic rings. The molecule has 0 saturated heterocycles. The van der Waals surface area contributed by atoms with E-state index in [0.29, 0.717) is 22.5 Å². The third-order valence-corrected chi connectivity index (χ3v) is 3.65. The number of carbonyl (C=O) groups is 2. The highest BCUT2D eigenvalue weighted by atomic mass is 16.4. The number of amides is 1. The Hall–Kier alpha value is -2.88. The molecule has 0 unspecified atom stereocenters. The van der Waals surface area contributed by atoms with Crippen molar-refractivity contribution in [1.82, 2.24) is 0 Å². The van der Waals surface area contributed by atoms with Crippen LogP contribution in [0.4, 0.5) is 5.69 Å². The van der Waals surface area contributed by atoms with Crippen LogP contribution in [0.15, 0.2) is 49.0 Å². The Labute approximate surface area is 121 Å². The summed E-state index contributed by atoms with van der Waals surface area (Å²) in [5, 5.41) is 9.43. The number of nitrogens with zero attached hydrogens (tertiary/aromatic N) is 1. The zero-order chi connectivity index (χ0) is 15.1. The highest BCUT2D eigenvalue weighted by Gasteiger charge is 2.34. The molecule has 1 heterocycles. The predicted octanol–water partition coefficient (Wildman–Crippen LogP) is 3.32. The highest BCUT2D eigenvalue weighted by molar-refractivity contribution is 6.23. The molecular weight excluding hydrogens is 266 g/mol. The number of aryl methyl sites for hydroxylation is 1. The first kappa shape index (κ1) is 13.1. The summed E-state index contributed by atoms with van der Waals surface area (Å²) in [5.74, 6) is -1.30. The molecule has 3 rings (SSSR count). The fraction of sp³-hybridized carbons (Fsp3) is 0.0588. The second kappa shape index (κ2) is 4.59. The molecule has 0 spiro atoms. The number of benzene rings is 2. The zero-order valence-electron chi connectivity index (χ0n) is 11.5. The van der Waals surface area contributed by atoms with Crippen molar-refractivity contribution in [3.8, 4) is 0 Å². The Kier molecular flexibility index (Phi) is 2.87. The summed E-state index contributed by atoms with van der Waals surface area (Å²) in [7, 11) is 0. The lowest BCUT2D eigenvalue weighted by Crippen LogP contribution is -2.24. The van der Waals surface area contributed by atoms with Gasteiger partial charge in [-0.15, -0.1) is 0 Å². The Morgan fingerprint density at radius 2 is 1.76 bits per heavy atom. The van der Waals surface area contributed by atoms with Gasteiger partial charge in [-0.1, -0.05) is 36.9 Å². The first-order valence-electron chi connectivity index (χ1n) is 6.48. The minimum Gasteiger partial charge on any atom is -0.478 e. The molecule has 1 amide bonds. The number of hydrogen-bond acceptors (Lipinski definition) is 2. The maximum Gasteiger partial charge on any atom is 0.338 e. The number of carboxylic acids is 1. The third kappa shape index (κ3) is 1.84. The minimum atomic E-state index is -1.06. The van der Waals surface area contributed by atoms with E-state index in [9.17, 15) is 14.7 Å². The number of rotatable bonds is 2. The van der Waals surface area contributed by atoms with Gasteiger partial charge in [-0.3, -0.25) is 9.69 Å². The van der Waals surface area contributed by atoms with Crippen molar-refractivity contribution in [2.45, 2.75) is 6.92 Å². The molecule has 1 N–H and O–H groups in total. The largest absolute Gasteiger partial charge is 0.478 e. The van der Waals surface area contributed by atoms with Crippen LogP contribution in [0, 0.1) is 6.92 Å². The lowest BCUT2D eigenvalue weighted by molar-refractivity contribution is 0.0697. The Morgan fingerprint density at radius 1 is 1.10 bits per heavy atom. The Morgan fingerprint density at radius 3 is 2.38 bits per heavy atom. The molecule has 0 fully saturated rings. The van der Waals surface area contributed by atoms with E-state index in [1.807, 2.05) is 12.1 Å². The van der Waals surface area contributed by atoms with Crippen molar-refractivity contribution >= 4 is 23.3 Å². The lowest BCUT2D eigenvalue weighted by atomic mass is 10.1. The van der Waals surface area contributed by atoms with E-state index in [4.69, 9.17) is 0 Å². The number of fused-ring (bicyclic) bond motifs is 1. The van der Waals surface area contributed by atoms with Crippen LogP contribution in [-0.4, -0.2) is 17.0 Å². The first-order chi connectivity index (χ1) is 10.0. The number of hydrogen-bond donors (Lipinski definition) is 1. The van der Waals surface area contributed by atoms with Gasteiger partial charge in [0.05, 0.1) is 16.9 Å². The van der Waals surface area contributed by atoms with E-state index in [2.05, 4.69) is 6.58 Å². The van der Waals surface area contributed by atoms with Gasteiger partial charge in [0.15, 0.2) is 0 Å². The van der Waals surface area contributed by atoms with Crippen molar-refractivity contribution in [2.24, 2.45) is 0 Å². The average molecular weight is 279 g/mol. The predicted molar refractivity (Wildman–Crippen MR) is 80.4 cm³/mol. The second-order valence-electron chi connectivity index (χ2n) is 4.91. The molecule has 4 heteroatoms. The molecule has 0 aromatic heterocycles. The molecule has 2 aromatic carbocycles. The van der Waals surface area contributed by atoms with Gasteiger partial charge >= 0.3 is 5.97 Å². The second-order valence-corrected chi connectivity index (χ2v) is 4.91. The van der Waals surface area contributed by atoms with E-state index >= 15 is 0 Å². The molecule has 104 valence electrons. The fourth-order valence-electron chi connectivity index (χ4n) is 2.66. The van der Waals surface area contributed by atoms with Crippen molar-refractivity contribution in [3.05, 3.63) is 71.3 Å². The number of carbonyl (C=O) groups excluding carboxylic acids is 1. The molecule has 2 aromatic rings. The molecule has 0 atom stereocenters. The number of aromatic carboxylic acids is 1. The average Bonchev–Trinajstić information content (AvgIpc) is 2.71. The van der Waals surface area contributed by atoms with Gasteiger partial charge in [0.2, 0.25) is 0 Å². The zero-order valence-corrected chi connectivity index (χ0v) is 11.5. The SMILES string of the molecule is C=C1c2ccccc2C(=O)N1c1cccc(C)c1C(=O)O. The van der Waals surface area contributed by atoms with Crippen molar-refractivity contribution < 1.29 is 14.7 Å². The van der Waals surface area contributed by atoms with E-state index in [-0.39, 0.29) is 11.5 Å². The molecule has 1 aliphatic heterocycles. The van der Waals surface area contributed by atoms with Crippen LogP contribution in [0.3, 0.4) is 0 Å². The highest BCUT2D eigenvalue weighted by Crippen LogP contribution is 2.37. The van der Waals surface area contributed by atoms with Crippen LogP contribution in [0.25, 0.3) is 5.70 Å². The van der Waals surface area contributed by atoms with E-state index in [0.717, 1.165) is 5.56 Å². The third-order valence-electron chi connectivity index (χ3n) is 3.65. The topological polar surface area (TPSA) is 57.6 Å². The van der Waals surface area contributed by atoms with Gasteiger partial charge in [-0.25, -0.2) is 4.79 Å². The van der Waals surface area contributed by atoms with Crippen molar-refractivity contribution in [1.29, 1.82) is 0 Å². The van der Waals surface area contributed by atoms with Gasteiger partial charge in [0, 0.05) is 11.1 Å². The first-order valence-corrected chi connectivity index (χ1v) is 6.48. The Balaban J connectivity index is 2.21. The molecule has 4 nitrogen and oxygen atoms in total. The molecule has 0 saturated carbocycles. The van der Waals surface area contributed by atoms with Gasteiger partial charge in [-0.05, 0) is 24.6 Å². The monoisotopic (exact) mass is 279 g/mol. The van der Waals surface area contributed by atoms with E-state index < -0.39 is 5.97 Å². The summed E-state index contributed by atoms with van der Waals surface area (Å²) in [6.07, 6.45) is 0. The number of carboxylic acid groups (broad SMARTS) is 1. The van der Waals surface area contributed by atoms with E-state index in [1.165, 1.54) is 4.90 Å². The van der Waals surface area contributed by atoms with E-state index in [1.54, 1.807) is 37.3 Å². The molecule has 0 bridgehead atoms. The van der Waals surface area contributed by atoms with Crippen molar-refractivity contribution in [3.63, 3.8) is 0 Å². The van der Waals surface area contributed by atoms with Gasteiger partial charge in [0.1, 0.15) is 0 Å². The summed E-state index contributed by atoms with van der Waals surface area (Å²) in [5.41, 5.74) is 2.87. The number of anilines is 1. The summed E-state index contributed by atoms with van der Waals surface area (Å²) in [6, 6.07) is 12.2. The molecule has 21 heavy (non-hydrogen) atoms. The lowest BCUT2D eigenvalue weighted by Gasteiger charge is -2.20. The quantitative estimate of drug-likeness (QED) is 0.917. The van der Waals surface area contributed by atoms with Crippen LogP contribution < -0.4 is 4.90 Å². The normalized spacial score (nSPS) is 13.5. The smallest absolute Gasteiger partial charge is 0.338 e. The minimum absolute atomic E-state index is 0.125. The maximum atomic E-state index is 12.6. The Bertz CT molecular complexity index is 757. The molecule has 0 radical (unpaired) electrons. The summed E-state index contributed by atoms with van der Waals surface area (Å²) in [6.45, 7) is 5.66.